The average Bonchev–Trinajstić information content (AvgIpc) is 2.88. The third kappa shape index (κ3) is 16.1. The zero-order chi connectivity index (χ0) is 27.3. The van der Waals surface area contributed by atoms with Crippen molar-refractivity contribution in [3.8, 4) is 0 Å². The lowest BCUT2D eigenvalue weighted by Gasteiger charge is -2.21. The summed E-state index contributed by atoms with van der Waals surface area (Å²) >= 11 is 0. The standard InChI is InChI=1S/C30H49NO6/c1-4-5-6-7-8-9-10-11-12-13-14-15-16-17-22-31(25(2)32)28-20-18-27(19-21-28)30(35)37-24-29(34)23-36-26(3)33/h18-21,29,34H,4-17,22-24H2,1-3H3. The lowest BCUT2D eigenvalue weighted by Crippen LogP contribution is -2.29. The zero-order valence-corrected chi connectivity index (χ0v) is 23.3. The number of hydrogen-bond donors (Lipinski definition) is 1. The Morgan fingerprint density at radius 1 is 0.730 bits per heavy atom. The number of esters is 2. The molecule has 7 nitrogen and oxygen atoms in total. The van der Waals surface area contributed by atoms with Crippen molar-refractivity contribution in [2.75, 3.05) is 24.7 Å². The van der Waals surface area contributed by atoms with Crippen LogP contribution in [-0.2, 0) is 19.1 Å². The molecule has 1 amide bonds. The Morgan fingerprint density at radius 2 is 1.19 bits per heavy atom. The van der Waals surface area contributed by atoms with Crippen molar-refractivity contribution in [3.05, 3.63) is 29.8 Å². The van der Waals surface area contributed by atoms with E-state index in [1.807, 2.05) is 0 Å². The van der Waals surface area contributed by atoms with E-state index in [1.54, 1.807) is 36.1 Å². The van der Waals surface area contributed by atoms with Crippen LogP contribution in [0.2, 0.25) is 0 Å². The van der Waals surface area contributed by atoms with E-state index < -0.39 is 18.0 Å². The van der Waals surface area contributed by atoms with Gasteiger partial charge in [-0.15, -0.1) is 0 Å². The number of carbonyl (C=O) groups excluding carboxylic acids is 3. The van der Waals surface area contributed by atoms with Gasteiger partial charge in [0.25, 0.3) is 0 Å². The van der Waals surface area contributed by atoms with Crippen LogP contribution in [0.3, 0.4) is 0 Å². The minimum Gasteiger partial charge on any atom is -0.463 e. The van der Waals surface area contributed by atoms with Gasteiger partial charge in [0.2, 0.25) is 5.91 Å². The number of amides is 1. The molecule has 1 aromatic rings. The highest BCUT2D eigenvalue weighted by atomic mass is 16.6. The maximum absolute atomic E-state index is 12.2. The summed E-state index contributed by atoms with van der Waals surface area (Å²) in [4.78, 5) is 36.9. The number of carbonyl (C=O) groups is 3. The van der Waals surface area contributed by atoms with Gasteiger partial charge in [-0.25, -0.2) is 4.79 Å². The van der Waals surface area contributed by atoms with E-state index in [0.717, 1.165) is 18.5 Å². The van der Waals surface area contributed by atoms with Crippen LogP contribution >= 0.6 is 0 Å². The molecule has 0 aliphatic rings. The van der Waals surface area contributed by atoms with E-state index in [4.69, 9.17) is 4.74 Å². The van der Waals surface area contributed by atoms with Crippen molar-refractivity contribution in [2.45, 2.75) is 117 Å². The molecule has 0 spiro atoms. The Balaban J connectivity index is 2.24. The van der Waals surface area contributed by atoms with E-state index in [0.29, 0.717) is 12.1 Å². The fraction of sp³-hybridized carbons (Fsp3) is 0.700. The molecule has 0 fully saturated rings. The van der Waals surface area contributed by atoms with Crippen molar-refractivity contribution in [1.82, 2.24) is 0 Å². The molecule has 0 aromatic heterocycles. The molecule has 0 radical (unpaired) electrons. The Labute approximate surface area is 223 Å². The minimum atomic E-state index is -1.08. The van der Waals surface area contributed by atoms with Crippen LogP contribution in [0.4, 0.5) is 5.69 Å². The summed E-state index contributed by atoms with van der Waals surface area (Å²) < 4.78 is 9.74. The number of benzene rings is 1. The molecule has 0 saturated heterocycles. The Bertz CT molecular complexity index is 764. The van der Waals surface area contributed by atoms with Gasteiger partial charge in [0, 0.05) is 26.1 Å². The lowest BCUT2D eigenvalue weighted by atomic mass is 10.0. The van der Waals surface area contributed by atoms with Gasteiger partial charge in [-0.05, 0) is 30.7 Å². The summed E-state index contributed by atoms with van der Waals surface area (Å²) in [5.41, 5.74) is 1.07. The molecule has 37 heavy (non-hydrogen) atoms. The number of ether oxygens (including phenoxy) is 2. The van der Waals surface area contributed by atoms with Gasteiger partial charge in [0.15, 0.2) is 0 Å². The molecule has 0 aliphatic carbocycles. The molecule has 7 heteroatoms. The van der Waals surface area contributed by atoms with Gasteiger partial charge in [0.05, 0.1) is 5.56 Å². The smallest absolute Gasteiger partial charge is 0.338 e. The number of rotatable bonds is 21. The lowest BCUT2D eigenvalue weighted by molar-refractivity contribution is -0.144. The van der Waals surface area contributed by atoms with Crippen LogP contribution in [-0.4, -0.2) is 48.8 Å². The molecule has 0 bridgehead atoms. The van der Waals surface area contributed by atoms with Crippen LogP contribution in [0.15, 0.2) is 24.3 Å². The van der Waals surface area contributed by atoms with E-state index in [-0.39, 0.29) is 19.1 Å². The first-order chi connectivity index (χ1) is 17.8. The summed E-state index contributed by atoms with van der Waals surface area (Å²) in [6.07, 6.45) is 17.0. The number of unbranched alkanes of at least 4 members (excludes halogenated alkanes) is 13. The SMILES string of the molecule is CCCCCCCCCCCCCCCCN(C(C)=O)c1ccc(C(=O)OCC(O)COC(C)=O)cc1. The molecule has 1 unspecified atom stereocenters. The molecule has 1 rings (SSSR count). The van der Waals surface area contributed by atoms with E-state index in [1.165, 1.54) is 84.0 Å². The van der Waals surface area contributed by atoms with Crippen molar-refractivity contribution in [2.24, 2.45) is 0 Å². The predicted molar refractivity (Wildman–Crippen MR) is 148 cm³/mol. The van der Waals surface area contributed by atoms with Gasteiger partial charge >= 0.3 is 11.9 Å². The fourth-order valence-corrected chi connectivity index (χ4v) is 4.23. The van der Waals surface area contributed by atoms with E-state index in [9.17, 15) is 19.5 Å². The average molecular weight is 520 g/mol. The topological polar surface area (TPSA) is 93.1 Å². The third-order valence-corrected chi connectivity index (χ3v) is 6.42. The van der Waals surface area contributed by atoms with Crippen LogP contribution in [0, 0.1) is 0 Å². The Kier molecular flexibility index (Phi) is 18.2. The first-order valence-electron chi connectivity index (χ1n) is 14.2. The third-order valence-electron chi connectivity index (χ3n) is 6.42. The molecule has 0 aliphatic heterocycles. The summed E-state index contributed by atoms with van der Waals surface area (Å²) in [6.45, 7) is 5.20. The van der Waals surface area contributed by atoms with Crippen molar-refractivity contribution < 1.29 is 29.0 Å². The summed E-state index contributed by atoms with van der Waals surface area (Å²) in [5, 5.41) is 9.70. The van der Waals surface area contributed by atoms with Crippen LogP contribution in [0.25, 0.3) is 0 Å². The molecule has 1 aromatic carbocycles. The summed E-state index contributed by atoms with van der Waals surface area (Å²) in [7, 11) is 0. The van der Waals surface area contributed by atoms with Crippen molar-refractivity contribution in [1.29, 1.82) is 0 Å². The van der Waals surface area contributed by atoms with E-state index >= 15 is 0 Å². The van der Waals surface area contributed by atoms with Gasteiger partial charge in [-0.1, -0.05) is 90.4 Å². The minimum absolute atomic E-state index is 0.0291. The van der Waals surface area contributed by atoms with Gasteiger partial charge in [-0.3, -0.25) is 9.59 Å². The van der Waals surface area contributed by atoms with Crippen molar-refractivity contribution in [3.63, 3.8) is 0 Å². The number of nitrogens with zero attached hydrogens (tertiary/aromatic N) is 1. The largest absolute Gasteiger partial charge is 0.463 e. The number of aliphatic hydroxyl groups is 1. The molecule has 1 atom stereocenters. The normalized spacial score (nSPS) is 11.7. The summed E-state index contributed by atoms with van der Waals surface area (Å²) in [6, 6.07) is 6.68. The molecule has 210 valence electrons. The maximum atomic E-state index is 12.2. The molecule has 1 N–H and O–H groups in total. The zero-order valence-electron chi connectivity index (χ0n) is 23.3. The molecule has 0 heterocycles. The van der Waals surface area contributed by atoms with Crippen LogP contribution < -0.4 is 4.90 Å². The van der Waals surface area contributed by atoms with Gasteiger partial charge < -0.3 is 19.5 Å². The number of anilines is 1. The maximum Gasteiger partial charge on any atom is 0.338 e. The fourth-order valence-electron chi connectivity index (χ4n) is 4.23. The first kappa shape index (κ1) is 32.6. The molecule has 0 saturated carbocycles. The Morgan fingerprint density at radius 3 is 1.65 bits per heavy atom. The van der Waals surface area contributed by atoms with Crippen LogP contribution in [0.5, 0.6) is 0 Å². The van der Waals surface area contributed by atoms with Gasteiger partial charge in [0.1, 0.15) is 19.3 Å². The second kappa shape index (κ2) is 20.6. The number of hydrogen-bond acceptors (Lipinski definition) is 6. The Hall–Kier alpha value is -2.41. The predicted octanol–water partition coefficient (Wildman–Crippen LogP) is 6.60. The summed E-state index contributed by atoms with van der Waals surface area (Å²) in [5.74, 6) is -1.13. The van der Waals surface area contributed by atoms with E-state index in [2.05, 4.69) is 11.7 Å². The second-order valence-electron chi connectivity index (χ2n) is 9.87. The molecular formula is C30H49NO6. The van der Waals surface area contributed by atoms with Crippen molar-refractivity contribution >= 4 is 23.5 Å². The second-order valence-corrected chi connectivity index (χ2v) is 9.87. The highest BCUT2D eigenvalue weighted by Crippen LogP contribution is 2.18. The highest BCUT2D eigenvalue weighted by molar-refractivity contribution is 5.93. The monoisotopic (exact) mass is 519 g/mol. The quantitative estimate of drug-likeness (QED) is 0.145. The molecular weight excluding hydrogens is 470 g/mol. The highest BCUT2D eigenvalue weighted by Gasteiger charge is 2.15. The number of aliphatic hydroxyl groups excluding tert-OH is 1. The van der Waals surface area contributed by atoms with Crippen LogP contribution in [0.1, 0.15) is 121 Å². The first-order valence-corrected chi connectivity index (χ1v) is 14.2. The van der Waals surface area contributed by atoms with Gasteiger partial charge in [-0.2, -0.15) is 0 Å².